The molecule has 5 rings (SSSR count). The lowest BCUT2D eigenvalue weighted by Gasteiger charge is -2.04. The fourth-order valence-corrected chi connectivity index (χ4v) is 7.49. The third kappa shape index (κ3) is 9.69. The molecule has 0 unspecified atom stereocenters. The number of nitrogens with zero attached hydrogens (tertiary/aromatic N) is 2. The van der Waals surface area contributed by atoms with Crippen molar-refractivity contribution in [1.29, 1.82) is 0 Å². The van der Waals surface area contributed by atoms with Crippen LogP contribution in [-0.2, 0) is 12.8 Å². The smallest absolute Gasteiger partial charge is 0.103 e. The first kappa shape index (κ1) is 37.4. The molecule has 0 fully saturated rings. The monoisotopic (exact) mass is 670 g/mol. The maximum atomic E-state index is 6.34. The van der Waals surface area contributed by atoms with Crippen LogP contribution in [0.25, 0.3) is 44.9 Å². The number of aromatic amines is 2. The van der Waals surface area contributed by atoms with Crippen molar-refractivity contribution in [2.24, 2.45) is 0 Å². The van der Waals surface area contributed by atoms with Crippen molar-refractivity contribution in [2.45, 2.75) is 156 Å². The van der Waals surface area contributed by atoms with Crippen LogP contribution in [0, 0.1) is 12.3 Å². The molecule has 0 spiro atoms. The van der Waals surface area contributed by atoms with E-state index in [-0.39, 0.29) is 0 Å². The van der Waals surface area contributed by atoms with Crippen LogP contribution in [0.1, 0.15) is 177 Å². The van der Waals surface area contributed by atoms with Crippen molar-refractivity contribution < 1.29 is 0 Å². The Kier molecular flexibility index (Phi) is 14.6. The molecule has 8 bridgehead atoms. The number of rotatable bonds is 20. The van der Waals surface area contributed by atoms with Gasteiger partial charge in [-0.1, -0.05) is 111 Å². The Morgan fingerprint density at radius 2 is 1.06 bits per heavy atom. The SMILES string of the molecule is C#CC1=C(CCCCCC)c2ccc3[nH]c(cc3CCCCCC)c3nc(ccc4[nH]c(cc4CCCCCC)c1n2)C(CCCCCC)=C3. The number of aryl methyl sites for hydroxylation is 2. The van der Waals surface area contributed by atoms with Crippen molar-refractivity contribution in [3.05, 3.63) is 70.3 Å². The molecule has 0 saturated carbocycles. The van der Waals surface area contributed by atoms with Crippen LogP contribution in [-0.4, -0.2) is 19.9 Å². The van der Waals surface area contributed by atoms with Crippen LogP contribution < -0.4 is 0 Å². The lowest BCUT2D eigenvalue weighted by Crippen LogP contribution is -1.86. The zero-order valence-corrected chi connectivity index (χ0v) is 31.7. The van der Waals surface area contributed by atoms with E-state index in [1.807, 2.05) is 0 Å². The number of allylic oxidation sites excluding steroid dienone is 3. The van der Waals surface area contributed by atoms with E-state index in [0.29, 0.717) is 0 Å². The molecule has 50 heavy (non-hydrogen) atoms. The van der Waals surface area contributed by atoms with E-state index in [9.17, 15) is 0 Å². The van der Waals surface area contributed by atoms with Crippen molar-refractivity contribution in [3.63, 3.8) is 0 Å². The van der Waals surface area contributed by atoms with Gasteiger partial charge in [-0.3, -0.25) is 0 Å². The molecule has 0 aliphatic carbocycles. The Hall–Kier alpha value is -3.84. The highest BCUT2D eigenvalue weighted by atomic mass is 14.8. The number of unbranched alkanes of at least 4 members (excludes halogenated alkanes) is 12. The molecule has 2 aliphatic heterocycles. The Morgan fingerprint density at radius 1 is 0.540 bits per heavy atom. The predicted octanol–water partition coefficient (Wildman–Crippen LogP) is 13.6. The van der Waals surface area contributed by atoms with E-state index < -0.39 is 0 Å². The van der Waals surface area contributed by atoms with Gasteiger partial charge in [-0.05, 0) is 116 Å². The first-order chi connectivity index (χ1) is 24.6. The minimum Gasteiger partial charge on any atom is -0.354 e. The second-order valence-electron chi connectivity index (χ2n) is 14.5. The summed E-state index contributed by atoms with van der Waals surface area (Å²) in [5, 5.41) is 0. The first-order valence-corrected chi connectivity index (χ1v) is 20.2. The molecule has 4 heteroatoms. The predicted molar refractivity (Wildman–Crippen MR) is 218 cm³/mol. The zero-order valence-electron chi connectivity index (χ0n) is 31.7. The summed E-state index contributed by atoms with van der Waals surface area (Å²) in [5.41, 5.74) is 14.7. The molecule has 0 amide bonds. The Bertz CT molecular complexity index is 1820. The molecule has 0 aromatic carbocycles. The topological polar surface area (TPSA) is 57.4 Å². The molecular weight excluding hydrogens is 609 g/mol. The van der Waals surface area contributed by atoms with E-state index >= 15 is 0 Å². The number of H-pyrrole nitrogens is 2. The lowest BCUT2D eigenvalue weighted by molar-refractivity contribution is 0.668. The normalized spacial score (nSPS) is 12.8. The lowest BCUT2D eigenvalue weighted by atomic mass is 9.98. The summed E-state index contributed by atoms with van der Waals surface area (Å²) in [6, 6.07) is 13.7. The molecule has 3 aromatic heterocycles. The standard InChI is InChI=1S/C46H62N4/c1-6-11-15-19-23-34-31-43-44-32-35(24-20-16-12-7-2)40(48-44)29-30-42-38(26-22-18-14-9-4)37(10-5)46(50-42)45-33-36(25-21-17-13-8-3)41(49-45)28-27-39(34)47-43/h5,27-33,48-49H,6-9,11-26H2,1-4H3. The number of hydrogen-bond donors (Lipinski definition) is 2. The summed E-state index contributed by atoms with van der Waals surface area (Å²) in [4.78, 5) is 18.2. The van der Waals surface area contributed by atoms with E-state index in [4.69, 9.17) is 16.4 Å². The molecule has 0 saturated heterocycles. The minimum absolute atomic E-state index is 0.913. The molecule has 4 nitrogen and oxygen atoms in total. The molecular formula is C46H62N4. The van der Waals surface area contributed by atoms with Crippen molar-refractivity contribution in [1.82, 2.24) is 19.9 Å². The van der Waals surface area contributed by atoms with Crippen LogP contribution >= 0.6 is 0 Å². The van der Waals surface area contributed by atoms with Gasteiger partial charge in [0.05, 0.1) is 33.7 Å². The first-order valence-electron chi connectivity index (χ1n) is 20.2. The van der Waals surface area contributed by atoms with Crippen molar-refractivity contribution in [3.8, 4) is 12.3 Å². The van der Waals surface area contributed by atoms with Crippen molar-refractivity contribution in [2.75, 3.05) is 0 Å². The highest BCUT2D eigenvalue weighted by molar-refractivity contribution is 6.03. The maximum absolute atomic E-state index is 6.34. The minimum atomic E-state index is 0.913. The largest absolute Gasteiger partial charge is 0.354 e. The summed E-state index contributed by atoms with van der Waals surface area (Å²) >= 11 is 0. The van der Waals surface area contributed by atoms with Gasteiger partial charge in [-0.25, -0.2) is 9.97 Å². The van der Waals surface area contributed by atoms with Gasteiger partial charge >= 0.3 is 0 Å². The number of aromatic nitrogens is 4. The summed E-state index contributed by atoms with van der Waals surface area (Å²) in [6.45, 7) is 9.10. The van der Waals surface area contributed by atoms with E-state index in [2.05, 4.69) is 86.1 Å². The van der Waals surface area contributed by atoms with Crippen LogP contribution in [0.3, 0.4) is 0 Å². The van der Waals surface area contributed by atoms with Gasteiger partial charge in [0, 0.05) is 11.0 Å². The van der Waals surface area contributed by atoms with Gasteiger partial charge in [-0.2, -0.15) is 0 Å². The van der Waals surface area contributed by atoms with Gasteiger partial charge in [0.25, 0.3) is 0 Å². The molecule has 5 heterocycles. The fourth-order valence-electron chi connectivity index (χ4n) is 7.49. The third-order valence-corrected chi connectivity index (χ3v) is 10.5. The molecule has 0 atom stereocenters. The number of terminal acetylenes is 1. The Balaban J connectivity index is 1.71. The number of fused-ring (bicyclic) bond motifs is 10. The summed E-state index contributed by atoms with van der Waals surface area (Å²) in [5.74, 6) is 3.10. The average molecular weight is 671 g/mol. The van der Waals surface area contributed by atoms with E-state index in [0.717, 1.165) is 82.5 Å². The highest BCUT2D eigenvalue weighted by Crippen LogP contribution is 2.36. The zero-order chi connectivity index (χ0) is 35.1. The maximum Gasteiger partial charge on any atom is 0.103 e. The summed E-state index contributed by atoms with van der Waals surface area (Å²) in [6.07, 6.45) is 32.4. The number of hydrogen-bond acceptors (Lipinski definition) is 2. The average Bonchev–Trinajstić information content (AvgIpc) is 3.91. The van der Waals surface area contributed by atoms with Gasteiger partial charge in [0.1, 0.15) is 5.69 Å². The summed E-state index contributed by atoms with van der Waals surface area (Å²) in [7, 11) is 0. The van der Waals surface area contributed by atoms with Gasteiger partial charge in [0.15, 0.2) is 0 Å². The molecule has 3 aromatic rings. The quantitative estimate of drug-likeness (QED) is 0.0928. The van der Waals surface area contributed by atoms with Crippen LogP contribution in [0.4, 0.5) is 0 Å². The van der Waals surface area contributed by atoms with Crippen LogP contribution in [0.15, 0.2) is 36.4 Å². The van der Waals surface area contributed by atoms with E-state index in [1.54, 1.807) is 0 Å². The highest BCUT2D eigenvalue weighted by Gasteiger charge is 2.21. The van der Waals surface area contributed by atoms with Gasteiger partial charge in [0.2, 0.25) is 0 Å². The molecule has 0 radical (unpaired) electrons. The summed E-state index contributed by atoms with van der Waals surface area (Å²) < 4.78 is 0. The molecule has 266 valence electrons. The second-order valence-corrected chi connectivity index (χ2v) is 14.5. The van der Waals surface area contributed by atoms with Crippen LogP contribution in [0.5, 0.6) is 0 Å². The second kappa shape index (κ2) is 19.5. The third-order valence-electron chi connectivity index (χ3n) is 10.5. The molecule has 2 aliphatic rings. The fraction of sp³-hybridized carbons (Fsp3) is 0.522. The number of nitrogens with one attached hydrogen (secondary N) is 2. The molecule has 2 N–H and O–H groups in total. The van der Waals surface area contributed by atoms with Gasteiger partial charge < -0.3 is 9.97 Å². The van der Waals surface area contributed by atoms with Gasteiger partial charge in [-0.15, -0.1) is 6.42 Å². The Labute approximate surface area is 302 Å². The van der Waals surface area contributed by atoms with Crippen LogP contribution in [0.2, 0.25) is 0 Å². The van der Waals surface area contributed by atoms with E-state index in [1.165, 1.54) is 119 Å². The van der Waals surface area contributed by atoms with Crippen molar-refractivity contribution >= 4 is 44.9 Å². The Morgan fingerprint density at radius 3 is 1.64 bits per heavy atom.